The van der Waals surface area contributed by atoms with Crippen molar-refractivity contribution in [1.82, 2.24) is 4.98 Å². The van der Waals surface area contributed by atoms with Gasteiger partial charge in [0.05, 0.1) is 18.7 Å². The first kappa shape index (κ1) is 21.4. The zero-order chi connectivity index (χ0) is 22.3. The molecule has 0 aliphatic carbocycles. The van der Waals surface area contributed by atoms with Crippen molar-refractivity contribution in [2.45, 2.75) is 43.9 Å². The maximum atomic E-state index is 14.1. The van der Waals surface area contributed by atoms with Gasteiger partial charge in [-0.05, 0) is 50.1 Å². The van der Waals surface area contributed by atoms with Crippen LogP contribution in [0, 0.1) is 6.92 Å². The van der Waals surface area contributed by atoms with Gasteiger partial charge >= 0.3 is 6.18 Å². The van der Waals surface area contributed by atoms with E-state index in [1.807, 2.05) is 25.1 Å². The molecule has 7 heteroatoms. The topological polar surface area (TPSA) is 54.4 Å². The molecule has 31 heavy (non-hydrogen) atoms. The Kier molecular flexibility index (Phi) is 5.33. The molecule has 2 atom stereocenters. The predicted molar refractivity (Wildman–Crippen MR) is 114 cm³/mol. The molecule has 1 aliphatic heterocycles. The molecule has 0 bridgehead atoms. The number of hydrogen-bond acceptors (Lipinski definition) is 4. The van der Waals surface area contributed by atoms with Crippen molar-refractivity contribution in [3.05, 3.63) is 65.9 Å². The van der Waals surface area contributed by atoms with Crippen LogP contribution < -0.4 is 10.1 Å². The zero-order valence-corrected chi connectivity index (χ0v) is 17.5. The first-order valence-corrected chi connectivity index (χ1v) is 10.2. The van der Waals surface area contributed by atoms with E-state index in [4.69, 9.17) is 4.74 Å². The first-order chi connectivity index (χ1) is 14.6. The van der Waals surface area contributed by atoms with Crippen molar-refractivity contribution in [2.75, 3.05) is 18.5 Å². The van der Waals surface area contributed by atoms with Crippen molar-refractivity contribution in [1.29, 1.82) is 0 Å². The van der Waals surface area contributed by atoms with Gasteiger partial charge < -0.3 is 15.2 Å². The average Bonchev–Trinajstić information content (AvgIpc) is 2.71. The molecule has 4 nitrogen and oxygen atoms in total. The molecule has 2 aromatic carbocycles. The van der Waals surface area contributed by atoms with Gasteiger partial charge in [-0.1, -0.05) is 31.2 Å². The third kappa shape index (κ3) is 4.06. The fraction of sp³-hybridized carbons (Fsp3) is 0.375. The zero-order valence-electron chi connectivity index (χ0n) is 17.5. The van der Waals surface area contributed by atoms with Gasteiger partial charge in [-0.25, -0.2) is 0 Å². The summed E-state index contributed by atoms with van der Waals surface area (Å²) < 4.78 is 48.0. The van der Waals surface area contributed by atoms with Gasteiger partial charge in [-0.3, -0.25) is 4.98 Å². The number of rotatable bonds is 5. The van der Waals surface area contributed by atoms with Crippen LogP contribution in [0.15, 0.2) is 54.6 Å². The van der Waals surface area contributed by atoms with Crippen molar-refractivity contribution < 1.29 is 23.0 Å². The summed E-state index contributed by atoms with van der Waals surface area (Å²) in [6.07, 6.45) is -4.89. The lowest BCUT2D eigenvalue weighted by Crippen LogP contribution is -2.54. The summed E-state index contributed by atoms with van der Waals surface area (Å²) in [5.74, 6) is 0.573. The van der Waals surface area contributed by atoms with Crippen LogP contribution in [0.3, 0.4) is 0 Å². The average molecular weight is 430 g/mol. The van der Waals surface area contributed by atoms with E-state index < -0.39 is 30.2 Å². The molecule has 0 amide bonds. The number of nitrogens with one attached hydrogen (secondary N) is 1. The highest BCUT2D eigenvalue weighted by Gasteiger charge is 2.57. The number of aromatic nitrogens is 1. The number of aliphatic hydroxyl groups is 1. The molecule has 1 aliphatic rings. The standard InChI is InChI=1S/C24H25F3N2O2/c1-16-10-11-17-19(7-5-8-20(17)29-16)28-15-23(30,24(25,26)27)14-22(2)12-13-31-21-9-4-3-6-18(21)22/h3-11,28,30H,12-15H2,1-2H3. The van der Waals surface area contributed by atoms with Crippen molar-refractivity contribution >= 4 is 16.6 Å². The van der Waals surface area contributed by atoms with Crippen LogP contribution in [-0.4, -0.2) is 35.0 Å². The quantitative estimate of drug-likeness (QED) is 0.571. The molecule has 4 rings (SSSR count). The van der Waals surface area contributed by atoms with Crippen LogP contribution in [-0.2, 0) is 5.41 Å². The van der Waals surface area contributed by atoms with E-state index in [2.05, 4.69) is 10.3 Å². The van der Waals surface area contributed by atoms with Crippen molar-refractivity contribution in [2.24, 2.45) is 0 Å². The van der Waals surface area contributed by atoms with E-state index in [9.17, 15) is 18.3 Å². The lowest BCUT2D eigenvalue weighted by molar-refractivity contribution is -0.261. The number of hydrogen-bond donors (Lipinski definition) is 2. The van der Waals surface area contributed by atoms with Gasteiger partial charge in [-0.2, -0.15) is 13.2 Å². The molecule has 2 N–H and O–H groups in total. The number of ether oxygens (including phenoxy) is 1. The summed E-state index contributed by atoms with van der Waals surface area (Å²) in [6.45, 7) is 3.26. The van der Waals surface area contributed by atoms with Crippen LogP contribution in [0.2, 0.25) is 0 Å². The van der Waals surface area contributed by atoms with Crippen molar-refractivity contribution in [3.8, 4) is 5.75 Å². The molecule has 2 heterocycles. The van der Waals surface area contributed by atoms with Gasteiger partial charge in [-0.15, -0.1) is 0 Å². The molecule has 0 spiro atoms. The highest BCUT2D eigenvalue weighted by molar-refractivity contribution is 5.91. The Balaban J connectivity index is 1.64. The maximum absolute atomic E-state index is 14.1. The lowest BCUT2D eigenvalue weighted by Gasteiger charge is -2.42. The largest absolute Gasteiger partial charge is 0.493 e. The molecular formula is C24H25F3N2O2. The number of anilines is 1. The molecule has 164 valence electrons. The van der Waals surface area contributed by atoms with Gasteiger partial charge in [0.15, 0.2) is 5.60 Å². The van der Waals surface area contributed by atoms with Crippen LogP contribution in [0.1, 0.15) is 31.0 Å². The highest BCUT2D eigenvalue weighted by atomic mass is 19.4. The van der Waals surface area contributed by atoms with E-state index in [0.717, 1.165) is 5.69 Å². The molecule has 0 fully saturated rings. The summed E-state index contributed by atoms with van der Waals surface area (Å²) in [5, 5.41) is 14.5. The van der Waals surface area contributed by atoms with Crippen LogP contribution in [0.25, 0.3) is 10.9 Å². The second kappa shape index (κ2) is 7.71. The minimum atomic E-state index is -4.81. The third-order valence-corrected chi connectivity index (χ3v) is 6.10. The minimum Gasteiger partial charge on any atom is -0.493 e. The summed E-state index contributed by atoms with van der Waals surface area (Å²) in [5.41, 5.74) is -1.10. The molecule has 1 aromatic heterocycles. The van der Waals surface area contributed by atoms with Crippen molar-refractivity contribution in [3.63, 3.8) is 0 Å². The SMILES string of the molecule is Cc1ccc2c(NCC(O)(CC3(C)CCOc4ccccc43)C(F)(F)F)cccc2n1. The number of para-hydroxylation sites is 1. The fourth-order valence-electron chi connectivity index (χ4n) is 4.36. The van der Waals surface area contributed by atoms with E-state index in [-0.39, 0.29) is 0 Å². The molecule has 3 aromatic rings. The van der Waals surface area contributed by atoms with E-state index in [1.165, 1.54) is 0 Å². The first-order valence-electron chi connectivity index (χ1n) is 10.2. The number of aryl methyl sites for hydroxylation is 1. The Morgan fingerprint density at radius 1 is 1.10 bits per heavy atom. The Morgan fingerprint density at radius 2 is 1.87 bits per heavy atom. The second-order valence-electron chi connectivity index (χ2n) is 8.54. The number of nitrogens with zero attached hydrogens (tertiary/aromatic N) is 1. The number of benzene rings is 2. The maximum Gasteiger partial charge on any atom is 0.418 e. The normalized spacial score (nSPS) is 20.6. The highest BCUT2D eigenvalue weighted by Crippen LogP contribution is 2.47. The number of fused-ring (bicyclic) bond motifs is 2. The molecular weight excluding hydrogens is 405 g/mol. The van der Waals surface area contributed by atoms with E-state index in [1.54, 1.807) is 43.3 Å². The number of halogens is 3. The minimum absolute atomic E-state index is 0.309. The summed E-state index contributed by atoms with van der Waals surface area (Å²) >= 11 is 0. The van der Waals surface area contributed by atoms with Crippen LogP contribution in [0.4, 0.5) is 18.9 Å². The molecule has 0 saturated carbocycles. The van der Waals surface area contributed by atoms with Crippen LogP contribution in [0.5, 0.6) is 5.75 Å². The van der Waals surface area contributed by atoms with Crippen LogP contribution >= 0.6 is 0 Å². The molecule has 0 saturated heterocycles. The predicted octanol–water partition coefficient (Wildman–Crippen LogP) is 5.38. The Labute approximate surface area is 179 Å². The Morgan fingerprint density at radius 3 is 2.65 bits per heavy atom. The molecule has 0 radical (unpaired) electrons. The second-order valence-corrected chi connectivity index (χ2v) is 8.54. The van der Waals surface area contributed by atoms with E-state index >= 15 is 0 Å². The Bertz CT molecular complexity index is 1100. The fourth-order valence-corrected chi connectivity index (χ4v) is 4.36. The Hall–Kier alpha value is -2.80. The van der Waals surface area contributed by atoms with Gasteiger partial charge in [0.2, 0.25) is 0 Å². The van der Waals surface area contributed by atoms with Gasteiger partial charge in [0.1, 0.15) is 5.75 Å². The summed E-state index contributed by atoms with van der Waals surface area (Å²) in [7, 11) is 0. The summed E-state index contributed by atoms with van der Waals surface area (Å²) in [4.78, 5) is 4.42. The molecule has 2 unspecified atom stereocenters. The number of alkyl halides is 3. The van der Waals surface area contributed by atoms with Gasteiger partial charge in [0, 0.05) is 27.7 Å². The van der Waals surface area contributed by atoms with Gasteiger partial charge in [0.25, 0.3) is 0 Å². The monoisotopic (exact) mass is 430 g/mol. The smallest absolute Gasteiger partial charge is 0.418 e. The van der Waals surface area contributed by atoms with E-state index in [0.29, 0.717) is 40.9 Å². The number of pyridine rings is 1. The summed E-state index contributed by atoms with van der Waals surface area (Å²) in [6, 6.07) is 16.0. The third-order valence-electron chi connectivity index (χ3n) is 6.10. The lowest BCUT2D eigenvalue weighted by atomic mass is 9.70.